The lowest BCUT2D eigenvalue weighted by atomic mass is 9.94. The van der Waals surface area contributed by atoms with Crippen molar-refractivity contribution in [3.63, 3.8) is 0 Å². The van der Waals surface area contributed by atoms with E-state index in [4.69, 9.17) is 15.0 Å². The molecule has 8 aromatic carbocycles. The summed E-state index contributed by atoms with van der Waals surface area (Å²) in [7, 11) is 0. The molecule has 61 heavy (non-hydrogen) atoms. The Labute approximate surface area is 351 Å². The second kappa shape index (κ2) is 15.2. The van der Waals surface area contributed by atoms with Gasteiger partial charge in [-0.15, -0.1) is 0 Å². The highest BCUT2D eigenvalue weighted by molar-refractivity contribution is 6.11. The van der Waals surface area contributed by atoms with E-state index in [1.54, 1.807) is 12.1 Å². The number of nitrogens with zero attached hydrogens (tertiary/aromatic N) is 4. The number of hydrogen-bond donors (Lipinski definition) is 0. The second-order valence-electron chi connectivity index (χ2n) is 15.3. The molecular weight excluding hydrogens is 762 g/mol. The van der Waals surface area contributed by atoms with Crippen molar-refractivity contribution in [2.24, 2.45) is 0 Å². The molecule has 0 radical (unpaired) electrons. The predicted octanol–water partition coefficient (Wildman–Crippen LogP) is 14.6. The van der Waals surface area contributed by atoms with Crippen LogP contribution in [0.4, 0.5) is 13.2 Å². The van der Waals surface area contributed by atoms with Gasteiger partial charge >= 0.3 is 6.18 Å². The van der Waals surface area contributed by atoms with E-state index in [1.165, 1.54) is 12.1 Å². The van der Waals surface area contributed by atoms with E-state index in [2.05, 4.69) is 103 Å². The van der Waals surface area contributed by atoms with E-state index >= 15 is 0 Å². The fourth-order valence-corrected chi connectivity index (χ4v) is 8.29. The molecule has 10 rings (SSSR count). The molecule has 294 valence electrons. The minimum atomic E-state index is -4.61. The number of aryl methyl sites for hydroxylation is 2. The topological polar surface area (TPSA) is 43.6 Å². The molecule has 0 amide bonds. The van der Waals surface area contributed by atoms with Gasteiger partial charge in [0.05, 0.1) is 16.6 Å². The van der Waals surface area contributed by atoms with Gasteiger partial charge in [-0.1, -0.05) is 169 Å². The van der Waals surface area contributed by atoms with E-state index in [0.29, 0.717) is 22.8 Å². The van der Waals surface area contributed by atoms with E-state index in [9.17, 15) is 13.2 Å². The Kier molecular flexibility index (Phi) is 9.37. The maximum Gasteiger partial charge on any atom is 0.417 e. The highest BCUT2D eigenvalue weighted by Gasteiger charge is 2.34. The molecule has 0 bridgehead atoms. The first-order chi connectivity index (χ1) is 29.7. The average Bonchev–Trinajstić information content (AvgIpc) is 3.62. The van der Waals surface area contributed by atoms with Gasteiger partial charge in [-0.2, -0.15) is 13.2 Å². The third kappa shape index (κ3) is 7.14. The minimum Gasteiger partial charge on any atom is -0.309 e. The van der Waals surface area contributed by atoms with E-state index in [0.717, 1.165) is 78.1 Å². The lowest BCUT2D eigenvalue weighted by Crippen LogP contribution is -2.08. The molecular formula is C54H37F3N4. The van der Waals surface area contributed by atoms with Crippen LogP contribution in [0.3, 0.4) is 0 Å². The van der Waals surface area contributed by atoms with Crippen molar-refractivity contribution in [2.45, 2.75) is 20.0 Å². The summed E-state index contributed by atoms with van der Waals surface area (Å²) >= 11 is 0. The Morgan fingerprint density at radius 1 is 0.377 bits per heavy atom. The van der Waals surface area contributed by atoms with Gasteiger partial charge in [0.1, 0.15) is 0 Å². The minimum absolute atomic E-state index is 0.0326. The number of halogens is 3. The van der Waals surface area contributed by atoms with Gasteiger partial charge in [-0.25, -0.2) is 15.0 Å². The Hall–Kier alpha value is -7.64. The van der Waals surface area contributed by atoms with E-state index in [-0.39, 0.29) is 11.4 Å². The van der Waals surface area contributed by atoms with Crippen molar-refractivity contribution in [1.82, 2.24) is 19.5 Å². The largest absolute Gasteiger partial charge is 0.417 e. The third-order valence-electron chi connectivity index (χ3n) is 11.2. The Bertz CT molecular complexity index is 3100. The van der Waals surface area contributed by atoms with Crippen LogP contribution in [0.25, 0.3) is 95.0 Å². The summed E-state index contributed by atoms with van der Waals surface area (Å²) in [5, 5.41) is 2.10. The molecule has 0 aliphatic rings. The molecule has 0 fully saturated rings. The molecule has 0 aliphatic carbocycles. The van der Waals surface area contributed by atoms with Gasteiger partial charge in [0, 0.05) is 33.2 Å². The molecule has 4 nitrogen and oxygen atoms in total. The Balaban J connectivity index is 1.29. The summed E-state index contributed by atoms with van der Waals surface area (Å²) in [6, 6.07) is 60.3. The first-order valence-corrected chi connectivity index (χ1v) is 20.1. The number of fused-ring (bicyclic) bond motifs is 3. The Morgan fingerprint density at radius 3 is 1.38 bits per heavy atom. The van der Waals surface area contributed by atoms with Gasteiger partial charge in [0.15, 0.2) is 17.5 Å². The second-order valence-corrected chi connectivity index (χ2v) is 15.3. The molecule has 0 saturated heterocycles. The summed E-state index contributed by atoms with van der Waals surface area (Å²) in [6.45, 7) is 4.17. The molecule has 2 heterocycles. The summed E-state index contributed by atoms with van der Waals surface area (Å²) in [6.07, 6.45) is -4.61. The average molecular weight is 799 g/mol. The van der Waals surface area contributed by atoms with E-state index in [1.807, 2.05) is 72.8 Å². The van der Waals surface area contributed by atoms with Gasteiger partial charge in [-0.05, 0) is 77.6 Å². The maximum absolute atomic E-state index is 14.9. The van der Waals surface area contributed by atoms with Crippen molar-refractivity contribution in [3.05, 3.63) is 205 Å². The van der Waals surface area contributed by atoms with Crippen LogP contribution in [0.1, 0.15) is 16.7 Å². The zero-order chi connectivity index (χ0) is 41.7. The van der Waals surface area contributed by atoms with Gasteiger partial charge in [-0.3, -0.25) is 0 Å². The van der Waals surface area contributed by atoms with Gasteiger partial charge < -0.3 is 4.57 Å². The van der Waals surface area contributed by atoms with Crippen molar-refractivity contribution >= 4 is 21.8 Å². The number of hydrogen-bond acceptors (Lipinski definition) is 3. The highest BCUT2D eigenvalue weighted by atomic mass is 19.4. The number of alkyl halides is 3. The highest BCUT2D eigenvalue weighted by Crippen LogP contribution is 2.43. The molecule has 0 N–H and O–H groups in total. The lowest BCUT2D eigenvalue weighted by Gasteiger charge is -2.18. The first-order valence-electron chi connectivity index (χ1n) is 20.1. The van der Waals surface area contributed by atoms with Crippen molar-refractivity contribution in [1.29, 1.82) is 0 Å². The molecule has 0 spiro atoms. The first kappa shape index (κ1) is 37.6. The van der Waals surface area contributed by atoms with Crippen LogP contribution in [0.15, 0.2) is 188 Å². The summed E-state index contributed by atoms with van der Waals surface area (Å²) in [5.74, 6) is 1.07. The van der Waals surface area contributed by atoms with Crippen LogP contribution < -0.4 is 0 Å². The molecule has 0 saturated carbocycles. The fourth-order valence-electron chi connectivity index (χ4n) is 8.29. The summed E-state index contributed by atoms with van der Waals surface area (Å²) in [4.78, 5) is 15.0. The molecule has 0 unspecified atom stereocenters. The van der Waals surface area contributed by atoms with Crippen molar-refractivity contribution in [3.8, 4) is 73.2 Å². The molecule has 0 aliphatic heterocycles. The molecule has 2 aromatic heterocycles. The summed E-state index contributed by atoms with van der Waals surface area (Å²) in [5.41, 5.74) is 10.8. The zero-order valence-electron chi connectivity index (χ0n) is 33.3. The van der Waals surface area contributed by atoms with Crippen LogP contribution in [0, 0.1) is 13.8 Å². The van der Waals surface area contributed by atoms with Crippen LogP contribution in [-0.2, 0) is 6.18 Å². The van der Waals surface area contributed by atoms with E-state index < -0.39 is 11.7 Å². The van der Waals surface area contributed by atoms with Gasteiger partial charge in [0.25, 0.3) is 0 Å². The molecule has 10 aromatic rings. The van der Waals surface area contributed by atoms with Gasteiger partial charge in [0.2, 0.25) is 0 Å². The van der Waals surface area contributed by atoms with Crippen LogP contribution in [0.2, 0.25) is 0 Å². The van der Waals surface area contributed by atoms with Crippen LogP contribution >= 0.6 is 0 Å². The predicted molar refractivity (Wildman–Crippen MR) is 241 cm³/mol. The number of aromatic nitrogens is 4. The number of rotatable bonds is 7. The lowest BCUT2D eigenvalue weighted by molar-refractivity contribution is -0.137. The third-order valence-corrected chi connectivity index (χ3v) is 11.2. The number of benzene rings is 8. The Morgan fingerprint density at radius 2 is 0.852 bits per heavy atom. The molecule has 7 heteroatoms. The quantitative estimate of drug-likeness (QED) is 0.161. The van der Waals surface area contributed by atoms with Crippen LogP contribution in [0.5, 0.6) is 0 Å². The van der Waals surface area contributed by atoms with Crippen molar-refractivity contribution < 1.29 is 13.2 Å². The zero-order valence-corrected chi connectivity index (χ0v) is 33.3. The smallest absolute Gasteiger partial charge is 0.309 e. The van der Waals surface area contributed by atoms with Crippen LogP contribution in [-0.4, -0.2) is 19.5 Å². The summed E-state index contributed by atoms with van der Waals surface area (Å²) < 4.78 is 46.8. The fraction of sp³-hybridized carbons (Fsp3) is 0.0556. The SMILES string of the molecule is Cc1cccc(-c2ccc3c4ccc(-c5cccc(C)c5)cc4n(-c4ccc(-c5ccccc5C(F)(F)F)c(-c5nc(-c6ccccc6)nc(-c6ccccc6)n5)c4)c3c2)c1. The maximum atomic E-state index is 14.9. The standard InChI is InChI=1S/C54H37F3N4/c1-34-13-11-19-38(29-34)40-23-26-45-46-27-24-41(39-20-12-14-35(2)30-39)32-50(46)61(49(45)31-40)42-25-28-43(44-21-9-10-22-48(44)54(55,56)57)47(33-42)53-59-51(36-15-5-3-6-16-36)58-52(60-53)37-17-7-4-8-18-37/h3-33H,1-2H3. The normalized spacial score (nSPS) is 11.7. The van der Waals surface area contributed by atoms with Crippen molar-refractivity contribution in [2.75, 3.05) is 0 Å². The monoisotopic (exact) mass is 798 g/mol. The molecule has 0 atom stereocenters.